The van der Waals surface area contributed by atoms with Gasteiger partial charge in [-0.15, -0.1) is 0 Å². The number of ether oxygens (including phenoxy) is 1. The summed E-state index contributed by atoms with van der Waals surface area (Å²) in [5.41, 5.74) is -0.434. The van der Waals surface area contributed by atoms with Crippen LogP contribution in [0.15, 0.2) is 23.1 Å². The van der Waals surface area contributed by atoms with Crippen molar-refractivity contribution in [3.05, 3.63) is 18.2 Å². The van der Waals surface area contributed by atoms with E-state index in [-0.39, 0.29) is 12.3 Å². The molecule has 1 aromatic carbocycles. The maximum absolute atomic E-state index is 13.1. The molecule has 0 radical (unpaired) electrons. The lowest BCUT2D eigenvalue weighted by Gasteiger charge is -2.17. The summed E-state index contributed by atoms with van der Waals surface area (Å²) in [5, 5.41) is 10.4. The lowest BCUT2D eigenvalue weighted by Crippen LogP contribution is -2.41. The largest absolute Gasteiger partial charge is 0.495 e. The number of carbonyl (C=O) groups is 1. The Morgan fingerprint density at radius 1 is 1.43 bits per heavy atom. The second-order valence-corrected chi connectivity index (χ2v) is 7.58. The molecule has 1 unspecified atom stereocenters. The highest BCUT2D eigenvalue weighted by Gasteiger charge is 2.49. The van der Waals surface area contributed by atoms with Crippen molar-refractivity contribution < 1.29 is 35.5 Å². The Bertz CT molecular complexity index is 889. The minimum atomic E-state index is -4.94. The van der Waals surface area contributed by atoms with Crippen molar-refractivity contribution in [3.63, 3.8) is 0 Å². The molecular formula is C15H16F4N4O4S. The second kappa shape index (κ2) is 8.19. The first kappa shape index (κ1) is 21.7. The minimum absolute atomic E-state index is 0.148. The Morgan fingerprint density at radius 3 is 2.64 bits per heavy atom. The van der Waals surface area contributed by atoms with Gasteiger partial charge in [-0.05, 0) is 24.6 Å². The van der Waals surface area contributed by atoms with E-state index in [4.69, 9.17) is 10.00 Å². The highest BCUT2D eigenvalue weighted by atomic mass is 32.2. The molecule has 1 atom stereocenters. The molecule has 0 bridgehead atoms. The zero-order chi connectivity index (χ0) is 21.1. The summed E-state index contributed by atoms with van der Waals surface area (Å²) in [6.45, 7) is 0.509. The molecule has 0 aliphatic carbocycles. The van der Waals surface area contributed by atoms with E-state index in [1.807, 2.05) is 6.19 Å². The smallest absolute Gasteiger partial charge is 0.383 e. The van der Waals surface area contributed by atoms with Crippen LogP contribution in [0.25, 0.3) is 0 Å². The van der Waals surface area contributed by atoms with Crippen molar-refractivity contribution >= 4 is 21.6 Å². The number of sulfonamides is 1. The SMILES string of the molecule is COc1ccc(NC(=O)C(F)(F)C(F)F)cc1S(=O)(=O)NC1CCN(C#N)C1. The van der Waals surface area contributed by atoms with Crippen LogP contribution >= 0.6 is 0 Å². The van der Waals surface area contributed by atoms with Gasteiger partial charge in [0.25, 0.3) is 0 Å². The molecule has 2 rings (SSSR count). The van der Waals surface area contributed by atoms with Gasteiger partial charge in [0.2, 0.25) is 10.0 Å². The van der Waals surface area contributed by atoms with E-state index >= 15 is 0 Å². The van der Waals surface area contributed by atoms with E-state index in [9.17, 15) is 30.8 Å². The van der Waals surface area contributed by atoms with E-state index in [1.165, 1.54) is 12.0 Å². The van der Waals surface area contributed by atoms with Crippen LogP contribution in [0.1, 0.15) is 6.42 Å². The van der Waals surface area contributed by atoms with Gasteiger partial charge in [0.1, 0.15) is 10.6 Å². The van der Waals surface area contributed by atoms with Gasteiger partial charge in [0.05, 0.1) is 7.11 Å². The second-order valence-electron chi connectivity index (χ2n) is 5.90. The molecule has 0 aromatic heterocycles. The van der Waals surface area contributed by atoms with Gasteiger partial charge in [0, 0.05) is 24.8 Å². The van der Waals surface area contributed by atoms with Crippen molar-refractivity contribution in [2.24, 2.45) is 0 Å². The summed E-state index contributed by atoms with van der Waals surface area (Å²) >= 11 is 0. The van der Waals surface area contributed by atoms with E-state index in [0.717, 1.165) is 18.2 Å². The highest BCUT2D eigenvalue weighted by Crippen LogP contribution is 2.30. The number of benzene rings is 1. The van der Waals surface area contributed by atoms with Gasteiger partial charge in [-0.25, -0.2) is 21.9 Å². The fourth-order valence-corrected chi connectivity index (χ4v) is 3.96. The fourth-order valence-electron chi connectivity index (χ4n) is 2.51. The third-order valence-corrected chi connectivity index (χ3v) is 5.48. The first-order valence-corrected chi connectivity index (χ1v) is 9.32. The molecule has 1 aromatic rings. The monoisotopic (exact) mass is 424 g/mol. The molecule has 1 amide bonds. The summed E-state index contributed by atoms with van der Waals surface area (Å²) in [6.07, 6.45) is -1.96. The van der Waals surface area contributed by atoms with Gasteiger partial charge in [-0.2, -0.15) is 14.0 Å². The number of nitriles is 1. The Labute approximate surface area is 158 Å². The molecule has 1 aliphatic rings. The Balaban J connectivity index is 2.27. The van der Waals surface area contributed by atoms with Crippen molar-refractivity contribution in [2.45, 2.75) is 29.7 Å². The van der Waals surface area contributed by atoms with Crippen LogP contribution in [-0.4, -0.2) is 57.8 Å². The maximum Gasteiger partial charge on any atom is 0.383 e. The summed E-state index contributed by atoms with van der Waals surface area (Å²) < 4.78 is 83.3. The first-order chi connectivity index (χ1) is 13.0. The minimum Gasteiger partial charge on any atom is -0.495 e. The Morgan fingerprint density at radius 2 is 2.11 bits per heavy atom. The number of nitrogens with zero attached hydrogens (tertiary/aromatic N) is 2. The van der Waals surface area contributed by atoms with E-state index in [2.05, 4.69) is 4.72 Å². The number of anilines is 1. The topological polar surface area (TPSA) is 112 Å². The number of nitrogens with one attached hydrogen (secondary N) is 2. The standard InChI is InChI=1S/C15H16F4N4O4S/c1-27-11-3-2-9(21-14(24)15(18,19)13(16)17)6-12(11)28(25,26)22-10-4-5-23(7-10)8-20/h2-3,6,10,13,22H,4-5,7H2,1H3,(H,21,24). The molecule has 1 saturated heterocycles. The van der Waals surface area contributed by atoms with Crippen LogP contribution in [0.2, 0.25) is 0 Å². The van der Waals surface area contributed by atoms with E-state index in [1.54, 1.807) is 5.32 Å². The molecule has 1 heterocycles. The van der Waals surface area contributed by atoms with Crippen LogP contribution in [0.5, 0.6) is 5.75 Å². The van der Waals surface area contributed by atoms with Crippen LogP contribution in [0.4, 0.5) is 23.2 Å². The van der Waals surface area contributed by atoms with Gasteiger partial charge in [-0.1, -0.05) is 0 Å². The zero-order valence-electron chi connectivity index (χ0n) is 14.5. The number of halogens is 4. The molecular weight excluding hydrogens is 408 g/mol. The van der Waals surface area contributed by atoms with Crippen LogP contribution in [0, 0.1) is 11.5 Å². The van der Waals surface area contributed by atoms with Gasteiger partial charge in [-0.3, -0.25) is 4.79 Å². The maximum atomic E-state index is 13.1. The Kier molecular flexibility index (Phi) is 6.35. The fraction of sp³-hybridized carbons (Fsp3) is 0.467. The van der Waals surface area contributed by atoms with Gasteiger partial charge in [0.15, 0.2) is 6.19 Å². The number of methoxy groups -OCH3 is 1. The predicted octanol–water partition coefficient (Wildman–Crippen LogP) is 1.37. The van der Waals surface area contributed by atoms with Crippen LogP contribution in [-0.2, 0) is 14.8 Å². The third-order valence-electron chi connectivity index (χ3n) is 3.94. The van der Waals surface area contributed by atoms with Crippen molar-refractivity contribution in [1.82, 2.24) is 9.62 Å². The molecule has 154 valence electrons. The molecule has 13 heteroatoms. The number of rotatable bonds is 7. The molecule has 28 heavy (non-hydrogen) atoms. The van der Waals surface area contributed by atoms with Gasteiger partial charge < -0.3 is 15.0 Å². The number of hydrogen-bond donors (Lipinski definition) is 2. The lowest BCUT2D eigenvalue weighted by molar-refractivity contribution is -0.163. The summed E-state index contributed by atoms with van der Waals surface area (Å²) in [6, 6.07) is 2.36. The number of amides is 1. The number of likely N-dealkylation sites (tertiary alicyclic amines) is 1. The molecule has 1 fully saturated rings. The van der Waals surface area contributed by atoms with Gasteiger partial charge >= 0.3 is 18.3 Å². The third kappa shape index (κ3) is 4.63. The number of carbonyl (C=O) groups excluding carboxylic acids is 1. The van der Waals surface area contributed by atoms with Crippen LogP contribution < -0.4 is 14.8 Å². The number of alkyl halides is 4. The predicted molar refractivity (Wildman–Crippen MR) is 88.5 cm³/mol. The van der Waals surface area contributed by atoms with E-state index in [0.29, 0.717) is 13.0 Å². The highest BCUT2D eigenvalue weighted by molar-refractivity contribution is 7.89. The first-order valence-electron chi connectivity index (χ1n) is 7.83. The zero-order valence-corrected chi connectivity index (χ0v) is 15.3. The normalized spacial score (nSPS) is 17.5. The molecule has 2 N–H and O–H groups in total. The summed E-state index contributed by atoms with van der Waals surface area (Å²) in [5.74, 6) is -7.37. The Hall–Kier alpha value is -2.59. The average molecular weight is 424 g/mol. The quantitative estimate of drug-likeness (QED) is 0.505. The lowest BCUT2D eigenvalue weighted by atomic mass is 10.2. The van der Waals surface area contributed by atoms with E-state index < -0.39 is 44.9 Å². The molecule has 0 spiro atoms. The molecule has 0 saturated carbocycles. The van der Waals surface area contributed by atoms with Crippen LogP contribution in [0.3, 0.4) is 0 Å². The molecule has 1 aliphatic heterocycles. The van der Waals surface area contributed by atoms with Crippen molar-refractivity contribution in [3.8, 4) is 11.9 Å². The summed E-state index contributed by atoms with van der Waals surface area (Å²) in [4.78, 5) is 12.2. The van der Waals surface area contributed by atoms with Crippen molar-refractivity contribution in [1.29, 1.82) is 5.26 Å². The summed E-state index contributed by atoms with van der Waals surface area (Å²) in [7, 11) is -3.06. The van der Waals surface area contributed by atoms with Crippen molar-refractivity contribution in [2.75, 3.05) is 25.5 Å². The average Bonchev–Trinajstić information content (AvgIpc) is 3.08. The number of hydrogen-bond acceptors (Lipinski definition) is 6. The molecule has 8 nitrogen and oxygen atoms in total.